The lowest BCUT2D eigenvalue weighted by molar-refractivity contribution is -0.142. The van der Waals surface area contributed by atoms with Crippen molar-refractivity contribution in [1.29, 1.82) is 0 Å². The van der Waals surface area contributed by atoms with E-state index in [1.54, 1.807) is 17.0 Å². The number of aliphatic carboxylic acids is 1. The van der Waals surface area contributed by atoms with Crippen molar-refractivity contribution in [3.63, 3.8) is 0 Å². The number of carboxylic acid groups (broad SMARTS) is 1. The van der Waals surface area contributed by atoms with Crippen LogP contribution in [-0.2, 0) is 14.4 Å². The van der Waals surface area contributed by atoms with Crippen LogP contribution >= 0.6 is 11.6 Å². The van der Waals surface area contributed by atoms with Gasteiger partial charge in [-0.3, -0.25) is 14.4 Å². The van der Waals surface area contributed by atoms with Crippen LogP contribution in [0.2, 0.25) is 5.02 Å². The second kappa shape index (κ2) is 9.59. The third-order valence-corrected chi connectivity index (χ3v) is 5.08. The average molecular weight is 408 g/mol. The van der Waals surface area contributed by atoms with Gasteiger partial charge in [-0.05, 0) is 43.5 Å². The summed E-state index contributed by atoms with van der Waals surface area (Å²) in [5.74, 6) is -1.73. The first kappa shape index (κ1) is 21.8. The van der Waals surface area contributed by atoms with Gasteiger partial charge in [0.05, 0.1) is 10.7 Å². The normalized spacial score (nSPS) is 16.1. The fourth-order valence-corrected chi connectivity index (χ4v) is 3.38. The number of benzene rings is 1. The van der Waals surface area contributed by atoms with E-state index in [4.69, 9.17) is 16.7 Å². The number of nitrogens with zero attached hydrogens (tertiary/aromatic N) is 2. The molecule has 8 heteroatoms. The summed E-state index contributed by atoms with van der Waals surface area (Å²) < 4.78 is 0. The van der Waals surface area contributed by atoms with Crippen molar-refractivity contribution in [2.75, 3.05) is 32.1 Å². The third-order valence-electron chi connectivity index (χ3n) is 4.78. The summed E-state index contributed by atoms with van der Waals surface area (Å²) in [5.41, 5.74) is 1.74. The Labute approximate surface area is 169 Å². The molecule has 28 heavy (non-hydrogen) atoms. The number of halogens is 1. The number of carbonyl (C=O) groups excluding carboxylic acids is 2. The number of amides is 2. The lowest BCUT2D eigenvalue weighted by Gasteiger charge is -2.31. The van der Waals surface area contributed by atoms with E-state index in [0.29, 0.717) is 31.0 Å². The topological polar surface area (TPSA) is 90.0 Å². The molecule has 7 nitrogen and oxygen atoms in total. The molecule has 1 saturated heterocycles. The summed E-state index contributed by atoms with van der Waals surface area (Å²) in [6, 6.07) is 4.68. The Morgan fingerprint density at radius 2 is 1.93 bits per heavy atom. The number of anilines is 1. The summed E-state index contributed by atoms with van der Waals surface area (Å²) >= 11 is 6.24. The van der Waals surface area contributed by atoms with Crippen LogP contribution < -0.4 is 10.2 Å². The minimum atomic E-state index is -1.06. The van der Waals surface area contributed by atoms with Gasteiger partial charge in [0.1, 0.15) is 6.04 Å². The van der Waals surface area contributed by atoms with Crippen molar-refractivity contribution in [1.82, 2.24) is 10.2 Å². The minimum absolute atomic E-state index is 0.120. The van der Waals surface area contributed by atoms with Crippen molar-refractivity contribution in [2.24, 2.45) is 5.92 Å². The highest BCUT2D eigenvalue weighted by Crippen LogP contribution is 2.26. The summed E-state index contributed by atoms with van der Waals surface area (Å²) in [6.45, 7) is 2.35. The van der Waals surface area contributed by atoms with Crippen molar-refractivity contribution < 1.29 is 19.5 Å². The van der Waals surface area contributed by atoms with Crippen LogP contribution in [0, 0.1) is 5.92 Å². The Kier molecular flexibility index (Phi) is 7.45. The molecule has 0 spiro atoms. The summed E-state index contributed by atoms with van der Waals surface area (Å²) in [5, 5.41) is 12.0. The Balaban J connectivity index is 1.88. The molecule has 1 fully saturated rings. The van der Waals surface area contributed by atoms with Crippen LogP contribution in [0.5, 0.6) is 0 Å². The smallest absolute Gasteiger partial charge is 0.325 e. The quantitative estimate of drug-likeness (QED) is 0.706. The van der Waals surface area contributed by atoms with E-state index >= 15 is 0 Å². The zero-order chi connectivity index (χ0) is 20.8. The molecule has 1 aliphatic heterocycles. The van der Waals surface area contributed by atoms with Gasteiger partial charge < -0.3 is 20.2 Å². The first-order valence-corrected chi connectivity index (χ1v) is 9.54. The summed E-state index contributed by atoms with van der Waals surface area (Å²) in [6.07, 6.45) is 4.26. The zero-order valence-electron chi connectivity index (χ0n) is 16.3. The largest absolute Gasteiger partial charge is 0.480 e. The Hall–Kier alpha value is -2.54. The number of hydrogen-bond donors (Lipinski definition) is 2. The van der Waals surface area contributed by atoms with Gasteiger partial charge in [-0.25, -0.2) is 0 Å². The van der Waals surface area contributed by atoms with Crippen LogP contribution in [-0.4, -0.2) is 61.0 Å². The number of carboxylic acids is 1. The lowest BCUT2D eigenvalue weighted by Crippen LogP contribution is -2.46. The first-order chi connectivity index (χ1) is 13.2. The van der Waals surface area contributed by atoms with Gasteiger partial charge in [0.15, 0.2) is 0 Å². The molecule has 1 aliphatic rings. The average Bonchev–Trinajstić information content (AvgIpc) is 2.65. The Morgan fingerprint density at radius 1 is 1.29 bits per heavy atom. The van der Waals surface area contributed by atoms with Gasteiger partial charge in [0.25, 0.3) is 0 Å². The lowest BCUT2D eigenvalue weighted by atomic mass is 9.95. The fraction of sp³-hybridized carbons (Fsp3) is 0.450. The van der Waals surface area contributed by atoms with E-state index < -0.39 is 12.0 Å². The van der Waals surface area contributed by atoms with E-state index in [-0.39, 0.29) is 17.7 Å². The molecule has 0 saturated carbocycles. The van der Waals surface area contributed by atoms with Gasteiger partial charge in [0.2, 0.25) is 11.8 Å². The Bertz CT molecular complexity index is 771. The predicted octanol–water partition coefficient (Wildman–Crippen LogP) is 2.25. The van der Waals surface area contributed by atoms with Crippen molar-refractivity contribution in [2.45, 2.75) is 25.8 Å². The van der Waals surface area contributed by atoms with Crippen LogP contribution in [0.4, 0.5) is 5.69 Å². The molecule has 1 aromatic rings. The second-order valence-electron chi connectivity index (χ2n) is 7.11. The van der Waals surface area contributed by atoms with E-state index in [2.05, 4.69) is 5.32 Å². The molecule has 0 aliphatic carbocycles. The highest BCUT2D eigenvalue weighted by Gasteiger charge is 2.28. The highest BCUT2D eigenvalue weighted by atomic mass is 35.5. The molecule has 1 atom stereocenters. The maximum Gasteiger partial charge on any atom is 0.325 e. The molecule has 0 aromatic heterocycles. The van der Waals surface area contributed by atoms with E-state index in [0.717, 1.165) is 11.3 Å². The maximum absolute atomic E-state index is 12.4. The summed E-state index contributed by atoms with van der Waals surface area (Å²) in [4.78, 5) is 38.9. The van der Waals surface area contributed by atoms with Crippen molar-refractivity contribution in [3.05, 3.63) is 34.9 Å². The van der Waals surface area contributed by atoms with Gasteiger partial charge >= 0.3 is 5.97 Å². The number of hydrogen-bond acceptors (Lipinski definition) is 4. The molecule has 2 N–H and O–H groups in total. The Morgan fingerprint density at radius 3 is 2.46 bits per heavy atom. The standard InChI is InChI=1S/C20H26ClN3O4/c1-13(20(27)28)22-19(26)15-8-10-24(11-9-15)18(25)7-5-14-4-6-17(23(2)3)16(21)12-14/h4-7,12-13,15H,8-11H2,1-3H3,(H,22,26)(H,27,28)/b7-5+. The number of nitrogens with one attached hydrogen (secondary N) is 1. The van der Waals surface area contributed by atoms with Crippen LogP contribution in [0.3, 0.4) is 0 Å². The van der Waals surface area contributed by atoms with Crippen LogP contribution in [0.15, 0.2) is 24.3 Å². The third kappa shape index (κ3) is 5.73. The van der Waals surface area contributed by atoms with E-state index in [9.17, 15) is 14.4 Å². The monoisotopic (exact) mass is 407 g/mol. The molecular weight excluding hydrogens is 382 g/mol. The number of carbonyl (C=O) groups is 3. The molecule has 1 aromatic carbocycles. The maximum atomic E-state index is 12.4. The SMILES string of the molecule is CC(NC(=O)C1CCN(C(=O)/C=C/c2ccc(N(C)C)c(Cl)c2)CC1)C(=O)O. The number of likely N-dealkylation sites (tertiary alicyclic amines) is 1. The van der Waals surface area contributed by atoms with Crippen molar-refractivity contribution in [3.8, 4) is 0 Å². The highest BCUT2D eigenvalue weighted by molar-refractivity contribution is 6.33. The molecule has 2 rings (SSSR count). The van der Waals surface area contributed by atoms with Crippen LogP contribution in [0.25, 0.3) is 6.08 Å². The van der Waals surface area contributed by atoms with Crippen LogP contribution in [0.1, 0.15) is 25.3 Å². The minimum Gasteiger partial charge on any atom is -0.480 e. The van der Waals surface area contributed by atoms with Gasteiger partial charge in [0, 0.05) is 39.2 Å². The number of rotatable bonds is 6. The molecule has 152 valence electrons. The van der Waals surface area contributed by atoms with Gasteiger partial charge in [-0.15, -0.1) is 0 Å². The fourth-order valence-electron chi connectivity index (χ4n) is 3.02. The molecule has 0 bridgehead atoms. The zero-order valence-corrected chi connectivity index (χ0v) is 17.1. The first-order valence-electron chi connectivity index (χ1n) is 9.16. The van der Waals surface area contributed by atoms with E-state index in [1.807, 2.05) is 31.1 Å². The van der Waals surface area contributed by atoms with Gasteiger partial charge in [-0.1, -0.05) is 17.7 Å². The molecular formula is C20H26ClN3O4. The molecule has 1 unspecified atom stereocenters. The van der Waals surface area contributed by atoms with Gasteiger partial charge in [-0.2, -0.15) is 0 Å². The molecule has 1 heterocycles. The number of piperidine rings is 1. The molecule has 2 amide bonds. The van der Waals surface area contributed by atoms with Crippen molar-refractivity contribution >= 4 is 41.1 Å². The summed E-state index contributed by atoms with van der Waals surface area (Å²) in [7, 11) is 3.82. The predicted molar refractivity (Wildman–Crippen MR) is 109 cm³/mol. The second-order valence-corrected chi connectivity index (χ2v) is 7.51. The van der Waals surface area contributed by atoms with E-state index in [1.165, 1.54) is 13.0 Å². The molecule has 0 radical (unpaired) electrons.